The zero-order chi connectivity index (χ0) is 16.4. The van der Waals surface area contributed by atoms with Crippen LogP contribution in [0, 0.1) is 3.57 Å². The Balaban J connectivity index is 1.75. The summed E-state index contributed by atoms with van der Waals surface area (Å²) in [5, 5.41) is 2.79. The third kappa shape index (κ3) is 3.84. The van der Waals surface area contributed by atoms with E-state index in [4.69, 9.17) is 4.74 Å². The summed E-state index contributed by atoms with van der Waals surface area (Å²) in [4.78, 5) is 25.8. The summed E-state index contributed by atoms with van der Waals surface area (Å²) in [6, 6.07) is 12.8. The summed E-state index contributed by atoms with van der Waals surface area (Å²) in [5.74, 6) is 0.0916. The molecule has 0 aromatic heterocycles. The molecule has 1 heterocycles. The third-order valence-electron chi connectivity index (χ3n) is 3.29. The molecule has 1 N–H and O–H groups in total. The highest BCUT2D eigenvalue weighted by Gasteiger charge is 2.27. The van der Waals surface area contributed by atoms with Gasteiger partial charge in [0.2, 0.25) is 5.91 Å². The SMILES string of the molecule is O=C(CN1C(=O)COc2cc(Br)ccc21)Nc1ccc(I)cc1. The molecule has 0 saturated heterocycles. The maximum Gasteiger partial charge on any atom is 0.265 e. The van der Waals surface area contributed by atoms with Crippen LogP contribution in [0.2, 0.25) is 0 Å². The van der Waals surface area contributed by atoms with Gasteiger partial charge in [-0.2, -0.15) is 0 Å². The summed E-state index contributed by atoms with van der Waals surface area (Å²) in [6.45, 7) is -0.122. The first-order chi connectivity index (χ1) is 11.0. The molecule has 0 aliphatic carbocycles. The molecule has 0 spiro atoms. The van der Waals surface area contributed by atoms with E-state index in [1.165, 1.54) is 4.90 Å². The monoisotopic (exact) mass is 486 g/mol. The van der Waals surface area contributed by atoms with Gasteiger partial charge in [-0.25, -0.2) is 0 Å². The number of nitrogens with zero attached hydrogens (tertiary/aromatic N) is 1. The van der Waals surface area contributed by atoms with Crippen LogP contribution in [0.25, 0.3) is 0 Å². The van der Waals surface area contributed by atoms with Gasteiger partial charge >= 0.3 is 0 Å². The fraction of sp³-hybridized carbons (Fsp3) is 0.125. The topological polar surface area (TPSA) is 58.6 Å². The van der Waals surface area contributed by atoms with E-state index in [9.17, 15) is 9.59 Å². The van der Waals surface area contributed by atoms with E-state index in [0.717, 1.165) is 8.04 Å². The summed E-state index contributed by atoms with van der Waals surface area (Å²) >= 11 is 5.56. The molecule has 0 atom stereocenters. The zero-order valence-electron chi connectivity index (χ0n) is 11.9. The van der Waals surface area contributed by atoms with Gasteiger partial charge in [0.05, 0.1) is 5.69 Å². The largest absolute Gasteiger partial charge is 0.482 e. The molecule has 2 aromatic carbocycles. The van der Waals surface area contributed by atoms with Crippen molar-refractivity contribution >= 4 is 61.7 Å². The van der Waals surface area contributed by atoms with Crippen LogP contribution in [0.15, 0.2) is 46.9 Å². The minimum Gasteiger partial charge on any atom is -0.482 e. The Bertz CT molecular complexity index is 764. The second kappa shape index (κ2) is 6.88. The number of anilines is 2. The highest BCUT2D eigenvalue weighted by Crippen LogP contribution is 2.34. The fourth-order valence-electron chi connectivity index (χ4n) is 2.23. The molecule has 0 saturated carbocycles. The Labute approximate surface area is 155 Å². The second-order valence-electron chi connectivity index (χ2n) is 4.94. The van der Waals surface area contributed by atoms with Crippen molar-refractivity contribution in [2.24, 2.45) is 0 Å². The molecule has 0 unspecified atom stereocenters. The molecule has 1 aliphatic heterocycles. The number of fused-ring (bicyclic) bond motifs is 1. The molecule has 0 bridgehead atoms. The Morgan fingerprint density at radius 2 is 2.00 bits per heavy atom. The minimum absolute atomic E-state index is 0.0528. The van der Waals surface area contributed by atoms with Gasteiger partial charge in [-0.05, 0) is 65.1 Å². The average molecular weight is 487 g/mol. The average Bonchev–Trinajstić information content (AvgIpc) is 2.52. The Kier molecular flexibility index (Phi) is 4.86. The lowest BCUT2D eigenvalue weighted by molar-refractivity contribution is -0.123. The number of amides is 2. The highest BCUT2D eigenvalue weighted by molar-refractivity contribution is 14.1. The van der Waals surface area contributed by atoms with Gasteiger partial charge in [0, 0.05) is 13.7 Å². The van der Waals surface area contributed by atoms with Crippen molar-refractivity contribution < 1.29 is 14.3 Å². The Morgan fingerprint density at radius 3 is 2.74 bits per heavy atom. The predicted molar refractivity (Wildman–Crippen MR) is 99.8 cm³/mol. The summed E-state index contributed by atoms with van der Waals surface area (Å²) in [7, 11) is 0. The number of carbonyl (C=O) groups excluding carboxylic acids is 2. The van der Waals surface area contributed by atoms with E-state index < -0.39 is 0 Å². The van der Waals surface area contributed by atoms with Crippen molar-refractivity contribution in [3.63, 3.8) is 0 Å². The van der Waals surface area contributed by atoms with Crippen molar-refractivity contribution in [3.05, 3.63) is 50.5 Å². The number of hydrogen-bond donors (Lipinski definition) is 1. The first-order valence-corrected chi connectivity index (χ1v) is 8.68. The van der Waals surface area contributed by atoms with E-state index in [-0.39, 0.29) is 25.0 Å². The molecule has 0 radical (unpaired) electrons. The van der Waals surface area contributed by atoms with Crippen LogP contribution < -0.4 is 15.0 Å². The second-order valence-corrected chi connectivity index (χ2v) is 7.10. The van der Waals surface area contributed by atoms with Crippen molar-refractivity contribution in [1.82, 2.24) is 0 Å². The van der Waals surface area contributed by atoms with Crippen molar-refractivity contribution in [1.29, 1.82) is 0 Å². The summed E-state index contributed by atoms with van der Waals surface area (Å²) in [5.41, 5.74) is 1.30. The van der Waals surface area contributed by atoms with E-state index in [1.807, 2.05) is 30.3 Å². The van der Waals surface area contributed by atoms with E-state index in [0.29, 0.717) is 17.1 Å². The lowest BCUT2D eigenvalue weighted by Gasteiger charge is -2.29. The quantitative estimate of drug-likeness (QED) is 0.676. The molecule has 1 aliphatic rings. The van der Waals surface area contributed by atoms with E-state index in [1.54, 1.807) is 12.1 Å². The lowest BCUT2D eigenvalue weighted by atomic mass is 10.2. The van der Waals surface area contributed by atoms with Crippen molar-refractivity contribution in [2.45, 2.75) is 0 Å². The maximum absolute atomic E-state index is 12.2. The molecule has 2 amide bonds. The number of benzene rings is 2. The summed E-state index contributed by atoms with van der Waals surface area (Å²) < 4.78 is 7.35. The van der Waals surface area contributed by atoms with Crippen LogP contribution in [0.4, 0.5) is 11.4 Å². The summed E-state index contributed by atoms with van der Waals surface area (Å²) in [6.07, 6.45) is 0. The number of rotatable bonds is 3. The van der Waals surface area contributed by atoms with E-state index >= 15 is 0 Å². The van der Waals surface area contributed by atoms with Crippen molar-refractivity contribution in [3.8, 4) is 5.75 Å². The van der Waals surface area contributed by atoms with Gasteiger partial charge < -0.3 is 10.1 Å². The van der Waals surface area contributed by atoms with E-state index in [2.05, 4.69) is 43.8 Å². The van der Waals surface area contributed by atoms with Gasteiger partial charge in [-0.1, -0.05) is 15.9 Å². The van der Waals surface area contributed by atoms with Crippen LogP contribution in [0.5, 0.6) is 5.75 Å². The smallest absolute Gasteiger partial charge is 0.265 e. The van der Waals surface area contributed by atoms with Gasteiger partial charge in [-0.3, -0.25) is 14.5 Å². The molecular weight excluding hydrogens is 475 g/mol. The fourth-order valence-corrected chi connectivity index (χ4v) is 2.93. The van der Waals surface area contributed by atoms with Crippen LogP contribution in [0.1, 0.15) is 0 Å². The maximum atomic E-state index is 12.2. The Hall–Kier alpha value is -1.61. The van der Waals surface area contributed by atoms with Gasteiger partial charge in [-0.15, -0.1) is 0 Å². The number of hydrogen-bond acceptors (Lipinski definition) is 3. The molecule has 0 fully saturated rings. The van der Waals surface area contributed by atoms with Gasteiger partial charge in [0.25, 0.3) is 5.91 Å². The van der Waals surface area contributed by atoms with Gasteiger partial charge in [0.1, 0.15) is 12.3 Å². The standard InChI is InChI=1S/C16H12BrIN2O3/c17-10-1-6-13-14(7-10)23-9-16(22)20(13)8-15(21)19-12-4-2-11(18)3-5-12/h1-7H,8-9H2,(H,19,21). The molecule has 7 heteroatoms. The third-order valence-corrected chi connectivity index (χ3v) is 4.51. The molecule has 5 nitrogen and oxygen atoms in total. The number of carbonyl (C=O) groups is 2. The van der Waals surface area contributed by atoms with Crippen LogP contribution in [0.3, 0.4) is 0 Å². The molecule has 2 aromatic rings. The first-order valence-electron chi connectivity index (χ1n) is 6.81. The highest BCUT2D eigenvalue weighted by atomic mass is 127. The first kappa shape index (κ1) is 16.3. The number of ether oxygens (including phenoxy) is 1. The minimum atomic E-state index is -0.254. The van der Waals surface area contributed by atoms with Crippen LogP contribution >= 0.6 is 38.5 Å². The van der Waals surface area contributed by atoms with Gasteiger partial charge in [0.15, 0.2) is 6.61 Å². The zero-order valence-corrected chi connectivity index (χ0v) is 15.6. The molecule has 23 heavy (non-hydrogen) atoms. The lowest BCUT2D eigenvalue weighted by Crippen LogP contribution is -2.43. The van der Waals surface area contributed by atoms with Crippen molar-refractivity contribution in [2.75, 3.05) is 23.4 Å². The molecule has 118 valence electrons. The Morgan fingerprint density at radius 1 is 1.26 bits per heavy atom. The van der Waals surface area contributed by atoms with Crippen LogP contribution in [-0.4, -0.2) is 25.0 Å². The number of halogens is 2. The number of nitrogens with one attached hydrogen (secondary N) is 1. The predicted octanol–water partition coefficient (Wildman–Crippen LogP) is 3.42. The van der Waals surface area contributed by atoms with Crippen LogP contribution in [-0.2, 0) is 9.59 Å². The molecule has 3 rings (SSSR count). The normalized spacial score (nSPS) is 13.3. The molecular formula is C16H12BrIN2O3.